The highest BCUT2D eigenvalue weighted by Gasteiger charge is 2.16. The van der Waals surface area contributed by atoms with Crippen LogP contribution < -0.4 is 15.4 Å². The third-order valence-corrected chi connectivity index (χ3v) is 3.66. The van der Waals surface area contributed by atoms with E-state index in [4.69, 9.17) is 10.5 Å². The van der Waals surface area contributed by atoms with Gasteiger partial charge in [0.2, 0.25) is 0 Å². The highest BCUT2D eigenvalue weighted by Crippen LogP contribution is 2.29. The van der Waals surface area contributed by atoms with Crippen molar-refractivity contribution in [3.63, 3.8) is 0 Å². The number of benzene rings is 1. The number of nitrogens with zero attached hydrogens (tertiary/aromatic N) is 1. The Morgan fingerprint density at radius 1 is 1.21 bits per heavy atom. The third kappa shape index (κ3) is 5.11. The van der Waals surface area contributed by atoms with Crippen LogP contribution >= 0.6 is 0 Å². The molecule has 0 radical (unpaired) electrons. The molecule has 0 unspecified atom stereocenters. The Labute approximate surface area is 117 Å². The number of ether oxygens (including phenoxy) is 1. The Balaban J connectivity index is 2.49. The van der Waals surface area contributed by atoms with Gasteiger partial charge in [-0.3, -0.25) is 0 Å². The van der Waals surface area contributed by atoms with Crippen molar-refractivity contribution in [3.8, 4) is 5.75 Å². The average molecular weight is 264 g/mol. The van der Waals surface area contributed by atoms with Crippen LogP contribution in [-0.4, -0.2) is 27.2 Å². The molecule has 0 saturated heterocycles. The molecule has 0 aromatic heterocycles. The molecule has 3 heteroatoms. The fourth-order valence-electron chi connectivity index (χ4n) is 2.38. The van der Waals surface area contributed by atoms with E-state index in [-0.39, 0.29) is 0 Å². The van der Waals surface area contributed by atoms with E-state index in [1.165, 1.54) is 12.8 Å². The summed E-state index contributed by atoms with van der Waals surface area (Å²) < 4.78 is 5.39. The molecule has 0 amide bonds. The second-order valence-corrected chi connectivity index (χ2v) is 5.90. The lowest BCUT2D eigenvalue weighted by molar-refractivity contribution is 0.305. The van der Waals surface area contributed by atoms with Crippen LogP contribution in [0.25, 0.3) is 0 Å². The van der Waals surface area contributed by atoms with E-state index in [2.05, 4.69) is 31.9 Å². The molecule has 1 aromatic carbocycles. The van der Waals surface area contributed by atoms with Gasteiger partial charge in [-0.2, -0.15) is 0 Å². The van der Waals surface area contributed by atoms with Gasteiger partial charge in [-0.15, -0.1) is 0 Å². The fourth-order valence-corrected chi connectivity index (χ4v) is 2.38. The van der Waals surface area contributed by atoms with Gasteiger partial charge in [-0.25, -0.2) is 0 Å². The molecule has 0 aliphatic heterocycles. The molecule has 0 bridgehead atoms. The summed E-state index contributed by atoms with van der Waals surface area (Å²) in [4.78, 5) is 2.26. The molecule has 0 saturated carbocycles. The first-order valence-corrected chi connectivity index (χ1v) is 7.04. The maximum absolute atomic E-state index is 5.65. The summed E-state index contributed by atoms with van der Waals surface area (Å²) in [6, 6.07) is 8.15. The zero-order chi connectivity index (χ0) is 14.3. The van der Waals surface area contributed by atoms with Crippen LogP contribution in [0.1, 0.15) is 33.1 Å². The van der Waals surface area contributed by atoms with Crippen molar-refractivity contribution in [2.75, 3.05) is 32.1 Å². The number of rotatable bonds is 8. The van der Waals surface area contributed by atoms with Crippen LogP contribution in [0.4, 0.5) is 5.69 Å². The lowest BCUT2D eigenvalue weighted by Crippen LogP contribution is -2.22. The Kier molecular flexibility index (Phi) is 6.16. The van der Waals surface area contributed by atoms with Gasteiger partial charge in [0.05, 0.1) is 12.8 Å². The molecular formula is C16H28N2O. The van der Waals surface area contributed by atoms with Crippen LogP contribution in [0.3, 0.4) is 0 Å². The monoisotopic (exact) mass is 264 g/mol. The summed E-state index contributed by atoms with van der Waals surface area (Å²) in [7, 11) is 3.84. The standard InChI is InChI=1S/C16H28N2O/c1-16(2,11-12-17)10-7-13-18(3)14-8-5-6-9-15(14)19-4/h5-6,8-9H,7,10-13,17H2,1-4H3. The summed E-state index contributed by atoms with van der Waals surface area (Å²) in [5.41, 5.74) is 7.15. The topological polar surface area (TPSA) is 38.5 Å². The summed E-state index contributed by atoms with van der Waals surface area (Å²) >= 11 is 0. The predicted molar refractivity (Wildman–Crippen MR) is 83.0 cm³/mol. The molecule has 19 heavy (non-hydrogen) atoms. The summed E-state index contributed by atoms with van der Waals surface area (Å²) in [5, 5.41) is 0. The smallest absolute Gasteiger partial charge is 0.142 e. The van der Waals surface area contributed by atoms with Gasteiger partial charge in [0.1, 0.15) is 5.75 Å². The van der Waals surface area contributed by atoms with Gasteiger partial charge >= 0.3 is 0 Å². The Morgan fingerprint density at radius 3 is 2.53 bits per heavy atom. The minimum Gasteiger partial charge on any atom is -0.495 e. The van der Waals surface area contributed by atoms with Crippen molar-refractivity contribution in [1.82, 2.24) is 0 Å². The van der Waals surface area contributed by atoms with Gasteiger partial charge in [-0.1, -0.05) is 26.0 Å². The summed E-state index contributed by atoms with van der Waals surface area (Å²) in [6.45, 7) is 6.40. The van der Waals surface area contributed by atoms with Crippen molar-refractivity contribution in [1.29, 1.82) is 0 Å². The molecule has 1 rings (SSSR count). The highest BCUT2D eigenvalue weighted by atomic mass is 16.5. The molecule has 1 aromatic rings. The highest BCUT2D eigenvalue weighted by molar-refractivity contribution is 5.57. The van der Waals surface area contributed by atoms with Crippen LogP contribution in [-0.2, 0) is 0 Å². The minimum atomic E-state index is 0.344. The molecule has 0 aliphatic carbocycles. The zero-order valence-corrected chi connectivity index (χ0v) is 12.8. The normalized spacial score (nSPS) is 11.4. The third-order valence-electron chi connectivity index (χ3n) is 3.66. The maximum Gasteiger partial charge on any atom is 0.142 e. The van der Waals surface area contributed by atoms with E-state index in [0.29, 0.717) is 5.41 Å². The molecule has 0 aliphatic rings. The number of anilines is 1. The molecule has 0 atom stereocenters. The van der Waals surface area contributed by atoms with Gasteiger partial charge in [-0.05, 0) is 43.4 Å². The van der Waals surface area contributed by atoms with E-state index >= 15 is 0 Å². The average Bonchev–Trinajstić information content (AvgIpc) is 2.38. The molecule has 3 nitrogen and oxygen atoms in total. The largest absolute Gasteiger partial charge is 0.495 e. The van der Waals surface area contributed by atoms with Gasteiger partial charge in [0, 0.05) is 13.6 Å². The van der Waals surface area contributed by atoms with Crippen LogP contribution in [0.15, 0.2) is 24.3 Å². The summed E-state index contributed by atoms with van der Waals surface area (Å²) in [5.74, 6) is 0.936. The molecule has 0 heterocycles. The van der Waals surface area contributed by atoms with E-state index in [1.807, 2.05) is 18.2 Å². The fraction of sp³-hybridized carbons (Fsp3) is 0.625. The van der Waals surface area contributed by atoms with Gasteiger partial charge < -0.3 is 15.4 Å². The first-order chi connectivity index (χ1) is 9.00. The minimum absolute atomic E-state index is 0.344. The number of nitrogens with two attached hydrogens (primary N) is 1. The second-order valence-electron chi connectivity index (χ2n) is 5.90. The molecule has 0 spiro atoms. The Bertz CT molecular complexity index is 377. The van der Waals surface area contributed by atoms with Crippen molar-refractivity contribution in [3.05, 3.63) is 24.3 Å². The first kappa shape index (κ1) is 15.8. The number of para-hydroxylation sites is 2. The lowest BCUT2D eigenvalue weighted by atomic mass is 9.84. The number of hydrogen-bond donors (Lipinski definition) is 1. The quantitative estimate of drug-likeness (QED) is 0.783. The molecular weight excluding hydrogens is 236 g/mol. The second kappa shape index (κ2) is 7.39. The van der Waals surface area contributed by atoms with Crippen LogP contribution in [0, 0.1) is 5.41 Å². The lowest BCUT2D eigenvalue weighted by Gasteiger charge is -2.26. The van der Waals surface area contributed by atoms with Crippen molar-refractivity contribution >= 4 is 5.69 Å². The molecule has 0 fully saturated rings. The Hall–Kier alpha value is -1.22. The van der Waals surface area contributed by atoms with Crippen LogP contribution in [0.2, 0.25) is 0 Å². The Morgan fingerprint density at radius 2 is 1.89 bits per heavy atom. The number of methoxy groups -OCH3 is 1. The van der Waals surface area contributed by atoms with E-state index in [1.54, 1.807) is 7.11 Å². The SMILES string of the molecule is COc1ccccc1N(C)CCCC(C)(C)CCN. The molecule has 108 valence electrons. The summed E-state index contributed by atoms with van der Waals surface area (Å²) in [6.07, 6.45) is 3.45. The maximum atomic E-state index is 5.65. The van der Waals surface area contributed by atoms with Crippen molar-refractivity contribution < 1.29 is 4.74 Å². The zero-order valence-electron chi connectivity index (χ0n) is 12.8. The van der Waals surface area contributed by atoms with Gasteiger partial charge in [0.15, 0.2) is 0 Å². The van der Waals surface area contributed by atoms with E-state index in [9.17, 15) is 0 Å². The van der Waals surface area contributed by atoms with Crippen molar-refractivity contribution in [2.24, 2.45) is 11.1 Å². The van der Waals surface area contributed by atoms with Crippen LogP contribution in [0.5, 0.6) is 5.75 Å². The first-order valence-electron chi connectivity index (χ1n) is 7.04. The number of hydrogen-bond acceptors (Lipinski definition) is 3. The predicted octanol–water partition coefficient (Wildman–Crippen LogP) is 3.29. The molecule has 2 N–H and O–H groups in total. The van der Waals surface area contributed by atoms with E-state index < -0.39 is 0 Å². The van der Waals surface area contributed by atoms with E-state index in [0.717, 1.165) is 30.9 Å². The van der Waals surface area contributed by atoms with Crippen molar-refractivity contribution in [2.45, 2.75) is 33.1 Å². The van der Waals surface area contributed by atoms with Gasteiger partial charge in [0.25, 0.3) is 0 Å².